The van der Waals surface area contributed by atoms with Crippen LogP contribution in [0.1, 0.15) is 31.7 Å². The van der Waals surface area contributed by atoms with E-state index in [0.29, 0.717) is 12.2 Å². The maximum Gasteiger partial charge on any atom is 0.265 e. The Balaban J connectivity index is 0.000000641. The summed E-state index contributed by atoms with van der Waals surface area (Å²) in [6, 6.07) is 10.4. The van der Waals surface area contributed by atoms with Gasteiger partial charge in [-0.25, -0.2) is 21.2 Å². The second-order valence-electron chi connectivity index (χ2n) is 9.90. The molecule has 0 radical (unpaired) electrons. The van der Waals surface area contributed by atoms with Crippen molar-refractivity contribution in [2.45, 2.75) is 38.1 Å². The van der Waals surface area contributed by atoms with Crippen LogP contribution in [0.5, 0.6) is 0 Å². The van der Waals surface area contributed by atoms with Gasteiger partial charge in [0.25, 0.3) is 5.01 Å². The maximum atomic E-state index is 14.1. The van der Waals surface area contributed by atoms with Crippen LogP contribution < -0.4 is 9.47 Å². The fourth-order valence-electron chi connectivity index (χ4n) is 4.52. The number of hydrogen-bond donors (Lipinski definition) is 0. The second kappa shape index (κ2) is 14.3. The number of aryl methyl sites for hydroxylation is 1. The number of fused-ring (bicyclic) bond motifs is 4. The lowest BCUT2D eigenvalue weighted by Gasteiger charge is -2.20. The minimum Gasteiger partial charge on any atom is -0.748 e. The van der Waals surface area contributed by atoms with E-state index in [1.54, 1.807) is 22.3 Å². The minimum atomic E-state index is -4.39. The zero-order valence-electron chi connectivity index (χ0n) is 24.0. The zero-order valence-corrected chi connectivity index (χ0v) is 28.1. The Hall–Kier alpha value is -2.11. The van der Waals surface area contributed by atoms with Gasteiger partial charge in [-0.05, 0) is 68.3 Å². The topological polar surface area (TPSA) is 125 Å². The van der Waals surface area contributed by atoms with Crippen LogP contribution in [-0.4, -0.2) is 69.0 Å². The highest BCUT2D eigenvalue weighted by Crippen LogP contribution is 2.47. The Kier molecular flexibility index (Phi) is 11.3. The fourth-order valence-corrected chi connectivity index (χ4v) is 8.59. The van der Waals surface area contributed by atoms with Crippen molar-refractivity contribution in [3.63, 3.8) is 0 Å². The van der Waals surface area contributed by atoms with E-state index in [2.05, 4.69) is 25.8 Å². The van der Waals surface area contributed by atoms with Crippen LogP contribution in [0, 0.1) is 5.82 Å². The molecule has 0 N–H and O–H groups in total. The SMILES string of the molecule is CCN(C)CC.O=S(=O)([O-])CCCN1/C(=C/c2sc3ccc4sccc4c3[n+]2CCCS(=O)(=O)[O-])Sc2ccc(F)cc21. The van der Waals surface area contributed by atoms with E-state index in [9.17, 15) is 30.3 Å². The Bertz CT molecular complexity index is 1830. The largest absolute Gasteiger partial charge is 0.748 e. The summed E-state index contributed by atoms with van der Waals surface area (Å²) in [5.74, 6) is -1.45. The normalized spacial score (nSPS) is 14.6. The first-order valence-electron chi connectivity index (χ1n) is 13.6. The Morgan fingerprint density at radius 2 is 1.65 bits per heavy atom. The van der Waals surface area contributed by atoms with Crippen LogP contribution in [0.2, 0.25) is 0 Å². The van der Waals surface area contributed by atoms with E-state index in [4.69, 9.17) is 0 Å². The molecule has 0 saturated heterocycles. The van der Waals surface area contributed by atoms with Gasteiger partial charge >= 0.3 is 0 Å². The first-order valence-corrected chi connectivity index (χ1v) is 19.3. The van der Waals surface area contributed by atoms with Crippen molar-refractivity contribution in [2.24, 2.45) is 0 Å². The van der Waals surface area contributed by atoms with E-state index in [-0.39, 0.29) is 19.4 Å². The van der Waals surface area contributed by atoms with Crippen molar-refractivity contribution in [1.82, 2.24) is 4.90 Å². The number of thiophene rings is 1. The van der Waals surface area contributed by atoms with Gasteiger partial charge in [-0.3, -0.25) is 0 Å². The summed E-state index contributed by atoms with van der Waals surface area (Å²) in [4.78, 5) is 4.84. The molecule has 0 unspecified atom stereocenters. The smallest absolute Gasteiger partial charge is 0.265 e. The molecule has 0 fully saturated rings. The predicted octanol–water partition coefficient (Wildman–Crippen LogP) is 5.28. The van der Waals surface area contributed by atoms with Crippen LogP contribution >= 0.6 is 34.4 Å². The highest BCUT2D eigenvalue weighted by Gasteiger charge is 2.29. The first-order chi connectivity index (χ1) is 20.3. The van der Waals surface area contributed by atoms with E-state index >= 15 is 0 Å². The monoisotopic (exact) mass is 686 g/mol. The summed E-state index contributed by atoms with van der Waals surface area (Å²) in [6.07, 6.45) is 2.12. The lowest BCUT2D eigenvalue weighted by Crippen LogP contribution is -2.36. The molecule has 0 bridgehead atoms. The second-order valence-corrected chi connectivity index (χ2v) is 16.0. The molecule has 0 spiro atoms. The van der Waals surface area contributed by atoms with Crippen LogP contribution in [0.25, 0.3) is 26.4 Å². The van der Waals surface area contributed by atoms with E-state index in [1.165, 1.54) is 35.2 Å². The van der Waals surface area contributed by atoms with Gasteiger partial charge in [-0.15, -0.1) is 11.3 Å². The third-order valence-corrected chi connectivity index (χ3v) is 11.6. The third kappa shape index (κ3) is 8.97. The Labute approximate surface area is 264 Å². The minimum absolute atomic E-state index is 0.0724. The zero-order chi connectivity index (χ0) is 31.4. The van der Waals surface area contributed by atoms with Crippen molar-refractivity contribution in [3.05, 3.63) is 57.6 Å². The average molecular weight is 687 g/mol. The molecule has 0 saturated carbocycles. The molecule has 9 nitrogen and oxygen atoms in total. The number of hydrogen-bond acceptors (Lipinski definition) is 11. The van der Waals surface area contributed by atoms with E-state index < -0.39 is 37.6 Å². The molecule has 234 valence electrons. The van der Waals surface area contributed by atoms with Gasteiger partial charge in [0, 0.05) is 34.1 Å². The summed E-state index contributed by atoms with van der Waals surface area (Å²) in [5, 5.41) is 4.53. The van der Waals surface area contributed by atoms with Crippen molar-refractivity contribution in [2.75, 3.05) is 43.1 Å². The number of thioether (sulfide) groups is 1. The summed E-state index contributed by atoms with van der Waals surface area (Å²) < 4.78 is 85.4. The third-order valence-electron chi connectivity index (χ3n) is 6.89. The van der Waals surface area contributed by atoms with Gasteiger partial charge in [0.05, 0.1) is 42.4 Å². The standard InChI is InChI=1S/C23H21FN2O6S5.C5H13N/c24-15-3-4-19-17(13-15)25(8-1-11-36(27,28)29)21(34-19)14-22-26(9-2-12-37(30,31)32)23-16-7-10-33-18(16)5-6-20(23)35-22;1-4-6(3)5-2/h3-7,10,13-14H,1-2,8-9,11-12H2,(H-,27,28,29,30,31,32);4-5H2,1-3H3/p-1. The molecule has 5 rings (SSSR count). The highest BCUT2D eigenvalue weighted by molar-refractivity contribution is 8.04. The van der Waals surface area contributed by atoms with Gasteiger partial charge in [0.2, 0.25) is 5.52 Å². The van der Waals surface area contributed by atoms with Gasteiger partial charge in [-0.2, -0.15) is 4.57 Å². The summed E-state index contributed by atoms with van der Waals surface area (Å²) in [6.45, 7) is 7.14. The van der Waals surface area contributed by atoms with Crippen molar-refractivity contribution < 1.29 is 34.9 Å². The molecule has 43 heavy (non-hydrogen) atoms. The summed E-state index contributed by atoms with van der Waals surface area (Å²) in [5.41, 5.74) is 1.53. The molecule has 1 aliphatic heterocycles. The molecule has 2 aromatic carbocycles. The van der Waals surface area contributed by atoms with E-state index in [0.717, 1.165) is 48.3 Å². The van der Waals surface area contributed by atoms with Crippen LogP contribution in [-0.2, 0) is 26.8 Å². The van der Waals surface area contributed by atoms with Crippen molar-refractivity contribution in [1.29, 1.82) is 0 Å². The van der Waals surface area contributed by atoms with E-state index in [1.807, 2.05) is 34.2 Å². The van der Waals surface area contributed by atoms with Gasteiger partial charge in [0.15, 0.2) is 6.54 Å². The highest BCUT2D eigenvalue weighted by atomic mass is 32.2. The number of aromatic nitrogens is 1. The molecule has 0 atom stereocenters. The van der Waals surface area contributed by atoms with Gasteiger partial charge in [-0.1, -0.05) is 36.9 Å². The number of anilines is 1. The lowest BCUT2D eigenvalue weighted by atomic mass is 10.2. The number of halogens is 1. The molecule has 4 aromatic rings. The lowest BCUT2D eigenvalue weighted by molar-refractivity contribution is -0.667. The van der Waals surface area contributed by atoms with Crippen molar-refractivity contribution in [3.8, 4) is 0 Å². The summed E-state index contributed by atoms with van der Waals surface area (Å²) in [7, 11) is -6.65. The molecular formula is C28H33FN3O6S5-. The predicted molar refractivity (Wildman–Crippen MR) is 172 cm³/mol. The number of nitrogens with zero attached hydrogens (tertiary/aromatic N) is 3. The molecule has 3 heterocycles. The molecule has 1 aliphatic rings. The van der Waals surface area contributed by atoms with Gasteiger partial charge in [0.1, 0.15) is 10.5 Å². The fraction of sp³-hybridized carbons (Fsp3) is 0.393. The maximum absolute atomic E-state index is 14.1. The number of benzene rings is 2. The Morgan fingerprint density at radius 1 is 0.977 bits per heavy atom. The number of thiazole rings is 1. The molecular weight excluding hydrogens is 654 g/mol. The Morgan fingerprint density at radius 3 is 2.30 bits per heavy atom. The average Bonchev–Trinajstić information content (AvgIpc) is 3.63. The van der Waals surface area contributed by atoms with Crippen LogP contribution in [0.3, 0.4) is 0 Å². The molecule has 0 aliphatic carbocycles. The summed E-state index contributed by atoms with van der Waals surface area (Å²) >= 11 is 4.50. The van der Waals surface area contributed by atoms with Gasteiger partial charge < -0.3 is 18.9 Å². The quantitative estimate of drug-likeness (QED) is 0.153. The molecule has 15 heteroatoms. The first kappa shape index (κ1) is 33.8. The molecule has 2 aromatic heterocycles. The van der Waals surface area contributed by atoms with Crippen molar-refractivity contribution >= 4 is 86.7 Å². The van der Waals surface area contributed by atoms with Crippen LogP contribution in [0.4, 0.5) is 10.1 Å². The van der Waals surface area contributed by atoms with Crippen LogP contribution in [0.15, 0.2) is 51.7 Å². The number of rotatable bonds is 11. The molecule has 0 amide bonds.